The van der Waals surface area contributed by atoms with Crippen molar-refractivity contribution in [2.24, 2.45) is 0 Å². The third-order valence-corrected chi connectivity index (χ3v) is 2.99. The van der Waals surface area contributed by atoms with Gasteiger partial charge in [-0.25, -0.2) is 4.79 Å². The van der Waals surface area contributed by atoms with Crippen molar-refractivity contribution < 1.29 is 19.1 Å². The lowest BCUT2D eigenvalue weighted by molar-refractivity contribution is -0.157. The molecule has 1 aromatic rings. The molecule has 5 heteroatoms. The van der Waals surface area contributed by atoms with Gasteiger partial charge in [-0.3, -0.25) is 4.79 Å². The van der Waals surface area contributed by atoms with Gasteiger partial charge < -0.3 is 14.8 Å². The fourth-order valence-electron chi connectivity index (χ4n) is 2.06. The van der Waals surface area contributed by atoms with E-state index in [2.05, 4.69) is 5.32 Å². The number of carbonyl (C=O) groups excluding carboxylic acids is 2. The largest absolute Gasteiger partial charge is 0.466 e. The fourth-order valence-corrected chi connectivity index (χ4v) is 2.06. The summed E-state index contributed by atoms with van der Waals surface area (Å²) in [7, 11) is 0. The molecular formula is C18H27NO4. The normalized spacial score (nSPS) is 12.5. The first kappa shape index (κ1) is 19.2. The summed E-state index contributed by atoms with van der Waals surface area (Å²) in [5.41, 5.74) is 0.300. The maximum Gasteiger partial charge on any atom is 0.328 e. The van der Waals surface area contributed by atoms with E-state index in [1.165, 1.54) is 0 Å². The van der Waals surface area contributed by atoms with Crippen LogP contribution in [0.15, 0.2) is 30.3 Å². The molecule has 0 heterocycles. The number of ether oxygens (including phenoxy) is 2. The van der Waals surface area contributed by atoms with E-state index in [4.69, 9.17) is 9.47 Å². The Morgan fingerprint density at radius 1 is 1.17 bits per heavy atom. The van der Waals surface area contributed by atoms with Crippen LogP contribution in [-0.4, -0.2) is 30.7 Å². The third kappa shape index (κ3) is 7.79. The van der Waals surface area contributed by atoms with Crippen LogP contribution in [0.1, 0.15) is 52.1 Å². The number of rotatable bonds is 8. The predicted octanol–water partition coefficient (Wildman–Crippen LogP) is 3.00. The molecule has 1 rings (SSSR count). The van der Waals surface area contributed by atoms with E-state index in [0.29, 0.717) is 26.0 Å². The summed E-state index contributed by atoms with van der Waals surface area (Å²) in [6, 6.07) is 8.88. The van der Waals surface area contributed by atoms with Crippen LogP contribution in [0.3, 0.4) is 0 Å². The van der Waals surface area contributed by atoms with Crippen molar-refractivity contribution in [3.8, 4) is 0 Å². The molecule has 0 bridgehead atoms. The van der Waals surface area contributed by atoms with Crippen LogP contribution in [0.25, 0.3) is 0 Å². The molecule has 5 nitrogen and oxygen atoms in total. The molecule has 0 radical (unpaired) electrons. The highest BCUT2D eigenvalue weighted by Crippen LogP contribution is 2.18. The van der Waals surface area contributed by atoms with Gasteiger partial charge in [0.05, 0.1) is 6.61 Å². The van der Waals surface area contributed by atoms with Crippen LogP contribution in [-0.2, 0) is 19.1 Å². The predicted molar refractivity (Wildman–Crippen MR) is 88.9 cm³/mol. The number of esters is 2. The molecule has 0 saturated heterocycles. The topological polar surface area (TPSA) is 64.6 Å². The van der Waals surface area contributed by atoms with Gasteiger partial charge in [0.15, 0.2) is 0 Å². The summed E-state index contributed by atoms with van der Waals surface area (Å²) in [6.45, 7) is 8.22. The second-order valence-corrected chi connectivity index (χ2v) is 6.24. The molecular weight excluding hydrogens is 294 g/mol. The Morgan fingerprint density at radius 2 is 1.83 bits per heavy atom. The van der Waals surface area contributed by atoms with Crippen LogP contribution in [0.4, 0.5) is 0 Å². The van der Waals surface area contributed by atoms with Crippen molar-refractivity contribution in [3.63, 3.8) is 0 Å². The van der Waals surface area contributed by atoms with Crippen molar-refractivity contribution in [3.05, 3.63) is 35.9 Å². The SMILES string of the molecule is CCOC(=O)CCCN[C@@H](C(=O)OC(C)(C)C)c1ccccc1. The van der Waals surface area contributed by atoms with E-state index in [0.717, 1.165) is 5.56 Å². The minimum Gasteiger partial charge on any atom is -0.466 e. The first-order valence-electron chi connectivity index (χ1n) is 8.00. The molecule has 128 valence electrons. The Hall–Kier alpha value is -1.88. The second kappa shape index (κ2) is 9.30. The van der Waals surface area contributed by atoms with Gasteiger partial charge in [-0.15, -0.1) is 0 Å². The van der Waals surface area contributed by atoms with Crippen LogP contribution >= 0.6 is 0 Å². The van der Waals surface area contributed by atoms with E-state index < -0.39 is 11.6 Å². The van der Waals surface area contributed by atoms with Crippen molar-refractivity contribution in [1.29, 1.82) is 0 Å². The summed E-state index contributed by atoms with van der Waals surface area (Å²) in [6.07, 6.45) is 0.932. The Bertz CT molecular complexity index is 493. The van der Waals surface area contributed by atoms with Gasteiger partial charge in [-0.05, 0) is 46.2 Å². The molecule has 23 heavy (non-hydrogen) atoms. The lowest BCUT2D eigenvalue weighted by atomic mass is 10.1. The van der Waals surface area contributed by atoms with Gasteiger partial charge in [-0.1, -0.05) is 30.3 Å². The smallest absolute Gasteiger partial charge is 0.328 e. The van der Waals surface area contributed by atoms with Gasteiger partial charge in [0, 0.05) is 6.42 Å². The zero-order valence-corrected chi connectivity index (χ0v) is 14.4. The molecule has 0 saturated carbocycles. The Labute approximate surface area is 138 Å². The third-order valence-electron chi connectivity index (χ3n) is 2.99. The average Bonchev–Trinajstić information content (AvgIpc) is 2.46. The quantitative estimate of drug-likeness (QED) is 0.589. The number of nitrogens with one attached hydrogen (secondary N) is 1. The molecule has 1 N–H and O–H groups in total. The number of benzene rings is 1. The number of carbonyl (C=O) groups is 2. The van der Waals surface area contributed by atoms with E-state index >= 15 is 0 Å². The molecule has 0 aliphatic carbocycles. The number of hydrogen-bond acceptors (Lipinski definition) is 5. The maximum atomic E-state index is 12.4. The van der Waals surface area contributed by atoms with Gasteiger partial charge >= 0.3 is 11.9 Å². The molecule has 0 unspecified atom stereocenters. The zero-order chi connectivity index (χ0) is 17.3. The molecule has 1 aromatic carbocycles. The van der Waals surface area contributed by atoms with Gasteiger partial charge in [0.1, 0.15) is 11.6 Å². The Kier molecular flexibility index (Phi) is 7.75. The Balaban J connectivity index is 2.62. The Morgan fingerprint density at radius 3 is 2.39 bits per heavy atom. The van der Waals surface area contributed by atoms with Crippen LogP contribution in [0.2, 0.25) is 0 Å². The molecule has 0 amide bonds. The minimum absolute atomic E-state index is 0.220. The standard InChI is InChI=1S/C18H27NO4/c1-5-22-15(20)12-9-13-19-16(14-10-7-6-8-11-14)17(21)23-18(2,3)4/h6-8,10-11,16,19H,5,9,12-13H2,1-4H3/t16-/m1/s1. The maximum absolute atomic E-state index is 12.4. The highest BCUT2D eigenvalue weighted by atomic mass is 16.6. The molecule has 0 aliphatic rings. The minimum atomic E-state index is -0.545. The van der Waals surface area contributed by atoms with Gasteiger partial charge in [0.2, 0.25) is 0 Å². The van der Waals surface area contributed by atoms with E-state index in [9.17, 15) is 9.59 Å². The van der Waals surface area contributed by atoms with Crippen molar-refractivity contribution in [1.82, 2.24) is 5.32 Å². The zero-order valence-electron chi connectivity index (χ0n) is 14.4. The molecule has 0 fully saturated rings. The van der Waals surface area contributed by atoms with Crippen molar-refractivity contribution >= 4 is 11.9 Å². The van der Waals surface area contributed by atoms with Gasteiger partial charge in [-0.2, -0.15) is 0 Å². The van der Waals surface area contributed by atoms with Crippen LogP contribution in [0, 0.1) is 0 Å². The molecule has 0 aliphatic heterocycles. The summed E-state index contributed by atoms with van der Waals surface area (Å²) in [5.74, 6) is -0.539. The first-order chi connectivity index (χ1) is 10.8. The first-order valence-corrected chi connectivity index (χ1v) is 8.00. The summed E-state index contributed by atoms with van der Waals surface area (Å²) < 4.78 is 10.4. The lowest BCUT2D eigenvalue weighted by Crippen LogP contribution is -2.35. The van der Waals surface area contributed by atoms with Crippen LogP contribution < -0.4 is 5.32 Å². The van der Waals surface area contributed by atoms with Crippen molar-refractivity contribution in [2.45, 2.75) is 52.2 Å². The van der Waals surface area contributed by atoms with E-state index in [-0.39, 0.29) is 11.9 Å². The summed E-state index contributed by atoms with van der Waals surface area (Å²) in [4.78, 5) is 23.8. The number of hydrogen-bond donors (Lipinski definition) is 1. The van der Waals surface area contributed by atoms with Gasteiger partial charge in [0.25, 0.3) is 0 Å². The van der Waals surface area contributed by atoms with E-state index in [1.54, 1.807) is 6.92 Å². The molecule has 0 spiro atoms. The fraction of sp³-hybridized carbons (Fsp3) is 0.556. The average molecular weight is 321 g/mol. The highest BCUT2D eigenvalue weighted by Gasteiger charge is 2.26. The molecule has 0 aromatic heterocycles. The summed E-state index contributed by atoms with van der Waals surface area (Å²) in [5, 5.41) is 3.17. The van der Waals surface area contributed by atoms with E-state index in [1.807, 2.05) is 51.1 Å². The highest BCUT2D eigenvalue weighted by molar-refractivity contribution is 5.78. The summed E-state index contributed by atoms with van der Waals surface area (Å²) >= 11 is 0. The monoisotopic (exact) mass is 321 g/mol. The van der Waals surface area contributed by atoms with Crippen LogP contribution in [0.5, 0.6) is 0 Å². The second-order valence-electron chi connectivity index (χ2n) is 6.24. The molecule has 1 atom stereocenters. The lowest BCUT2D eigenvalue weighted by Gasteiger charge is -2.25. The van der Waals surface area contributed by atoms with Crippen molar-refractivity contribution in [2.75, 3.05) is 13.2 Å².